The zero-order valence-corrected chi connectivity index (χ0v) is 21.4. The number of nitrogens with zero attached hydrogens (tertiary/aromatic N) is 1. The largest absolute Gasteiger partial charge is 0.256 e. The fourth-order valence-corrected chi connectivity index (χ4v) is 7.50. The van der Waals surface area contributed by atoms with Gasteiger partial charge in [0.05, 0.1) is 5.69 Å². The van der Waals surface area contributed by atoms with Crippen LogP contribution < -0.4 is 0 Å². The molecule has 172 valence electrons. The molecule has 35 heavy (non-hydrogen) atoms. The average molecular weight is 472 g/mol. The quantitative estimate of drug-likeness (QED) is 0.233. The van der Waals surface area contributed by atoms with Gasteiger partial charge in [-0.15, -0.1) is 11.3 Å². The predicted molar refractivity (Wildman–Crippen MR) is 153 cm³/mol. The van der Waals surface area contributed by atoms with E-state index < -0.39 is 0 Å². The molecule has 1 aliphatic rings. The Morgan fingerprint density at radius 3 is 2.34 bits per heavy atom. The molecular weight excluding hydrogens is 442 g/mol. The van der Waals surface area contributed by atoms with E-state index in [1.165, 1.54) is 78.5 Å². The molecule has 0 spiro atoms. The van der Waals surface area contributed by atoms with Crippen LogP contribution in [0.2, 0.25) is 0 Å². The summed E-state index contributed by atoms with van der Waals surface area (Å²) in [4.78, 5) is 4.94. The van der Waals surface area contributed by atoms with Crippen LogP contribution in [0.4, 0.5) is 0 Å². The Bertz CT molecular complexity index is 1780. The van der Waals surface area contributed by atoms with Crippen molar-refractivity contribution in [3.8, 4) is 11.3 Å². The molecule has 2 heterocycles. The number of thiophene rings is 1. The lowest BCUT2D eigenvalue weighted by molar-refractivity contribution is 0.596. The van der Waals surface area contributed by atoms with E-state index >= 15 is 0 Å². The van der Waals surface area contributed by atoms with E-state index in [0.29, 0.717) is 0 Å². The minimum atomic E-state index is 0.0536. The van der Waals surface area contributed by atoms with Crippen LogP contribution in [0, 0.1) is 0 Å². The zero-order valence-electron chi connectivity index (χ0n) is 20.6. The Morgan fingerprint density at radius 1 is 0.714 bits per heavy atom. The molecule has 0 N–H and O–H groups in total. The number of hydrogen-bond acceptors (Lipinski definition) is 2. The summed E-state index contributed by atoms with van der Waals surface area (Å²) in [5, 5.41) is 7.99. The fraction of sp³-hybridized carbons (Fsp3) is 0.242. The summed E-state index contributed by atoms with van der Waals surface area (Å²) >= 11 is 1.99. The molecule has 6 aromatic rings. The predicted octanol–water partition coefficient (Wildman–Crippen LogP) is 9.60. The Hall–Kier alpha value is -3.23. The van der Waals surface area contributed by atoms with Crippen molar-refractivity contribution >= 4 is 53.1 Å². The smallest absolute Gasteiger partial charge is 0.0781 e. The first-order chi connectivity index (χ1) is 17.0. The summed E-state index contributed by atoms with van der Waals surface area (Å²) in [5.74, 6) is 0. The summed E-state index contributed by atoms with van der Waals surface area (Å²) < 4.78 is 2.90. The molecule has 0 saturated carbocycles. The van der Waals surface area contributed by atoms with Crippen LogP contribution in [0.1, 0.15) is 50.3 Å². The number of aryl methyl sites for hydroxylation is 2. The lowest BCUT2D eigenvalue weighted by atomic mass is 9.82. The molecule has 0 aliphatic heterocycles. The van der Waals surface area contributed by atoms with Gasteiger partial charge in [0.1, 0.15) is 0 Å². The van der Waals surface area contributed by atoms with Gasteiger partial charge in [-0.1, -0.05) is 69.3 Å². The highest BCUT2D eigenvalue weighted by Gasteiger charge is 2.21. The van der Waals surface area contributed by atoms with Crippen molar-refractivity contribution in [3.05, 3.63) is 89.6 Å². The highest BCUT2D eigenvalue weighted by molar-refractivity contribution is 7.26. The highest BCUT2D eigenvalue weighted by Crippen LogP contribution is 2.44. The van der Waals surface area contributed by atoms with E-state index in [1.54, 1.807) is 11.1 Å². The maximum absolute atomic E-state index is 4.94. The van der Waals surface area contributed by atoms with Gasteiger partial charge in [0.25, 0.3) is 0 Å². The van der Waals surface area contributed by atoms with Crippen molar-refractivity contribution < 1.29 is 0 Å². The number of rotatable bonds is 1. The van der Waals surface area contributed by atoms with E-state index in [9.17, 15) is 0 Å². The molecule has 0 unspecified atom stereocenters. The van der Waals surface area contributed by atoms with Crippen LogP contribution in [0.3, 0.4) is 0 Å². The second-order valence-electron chi connectivity index (χ2n) is 11.1. The van der Waals surface area contributed by atoms with Gasteiger partial charge in [-0.25, -0.2) is 0 Å². The number of hydrogen-bond donors (Lipinski definition) is 0. The van der Waals surface area contributed by atoms with Crippen LogP contribution in [0.25, 0.3) is 53.0 Å². The summed E-state index contributed by atoms with van der Waals surface area (Å²) in [6.07, 6.45) is 7.09. The minimum Gasteiger partial charge on any atom is -0.256 e. The van der Waals surface area contributed by atoms with E-state index in [2.05, 4.69) is 87.5 Å². The number of fused-ring (bicyclic) bond motifs is 8. The highest BCUT2D eigenvalue weighted by atomic mass is 32.1. The molecule has 0 bridgehead atoms. The molecule has 0 atom stereocenters. The van der Waals surface area contributed by atoms with Gasteiger partial charge < -0.3 is 0 Å². The first-order valence-electron chi connectivity index (χ1n) is 12.8. The van der Waals surface area contributed by atoms with E-state index in [4.69, 9.17) is 4.98 Å². The molecule has 0 saturated heterocycles. The summed E-state index contributed by atoms with van der Waals surface area (Å²) in [5.41, 5.74) is 6.88. The Balaban J connectivity index is 1.51. The van der Waals surface area contributed by atoms with Crippen LogP contribution in [0.15, 0.2) is 72.9 Å². The Labute approximate surface area is 210 Å². The second kappa shape index (κ2) is 7.63. The topological polar surface area (TPSA) is 12.9 Å². The number of pyridine rings is 1. The third kappa shape index (κ3) is 3.23. The normalized spacial score (nSPS) is 14.3. The van der Waals surface area contributed by atoms with Gasteiger partial charge in [-0.3, -0.25) is 4.98 Å². The average Bonchev–Trinajstić information content (AvgIpc) is 3.27. The SMILES string of the molecule is CC(C)(C)c1cc(-c2nccc3c2ccc2c4ccc5c(c4sc32)CCCC5)cc2ccccc12. The van der Waals surface area contributed by atoms with Crippen molar-refractivity contribution in [2.45, 2.75) is 51.9 Å². The van der Waals surface area contributed by atoms with Gasteiger partial charge in [-0.2, -0.15) is 0 Å². The van der Waals surface area contributed by atoms with Crippen LogP contribution >= 0.6 is 11.3 Å². The molecule has 0 radical (unpaired) electrons. The molecule has 2 aromatic heterocycles. The van der Waals surface area contributed by atoms with Gasteiger partial charge in [0, 0.05) is 42.7 Å². The molecule has 2 heteroatoms. The Kier molecular flexibility index (Phi) is 4.60. The van der Waals surface area contributed by atoms with Gasteiger partial charge >= 0.3 is 0 Å². The van der Waals surface area contributed by atoms with Gasteiger partial charge in [0.2, 0.25) is 0 Å². The van der Waals surface area contributed by atoms with E-state index in [1.807, 2.05) is 17.5 Å². The standard InChI is InChI=1S/C33H29NS/c1-33(2,3)29-19-22(18-21-9-5-6-10-23(21)29)30-25-14-15-27-26-13-12-20-8-4-7-11-24(20)31(26)35-32(27)28(25)16-17-34-30/h5-6,9-10,12-19H,4,7-8,11H2,1-3H3. The monoisotopic (exact) mass is 471 g/mol. The van der Waals surface area contributed by atoms with Gasteiger partial charge in [0.15, 0.2) is 0 Å². The maximum atomic E-state index is 4.94. The van der Waals surface area contributed by atoms with Crippen LogP contribution in [0.5, 0.6) is 0 Å². The molecular formula is C33H29NS. The summed E-state index contributed by atoms with van der Waals surface area (Å²) in [6.45, 7) is 6.91. The second-order valence-corrected chi connectivity index (χ2v) is 12.1. The maximum Gasteiger partial charge on any atom is 0.0781 e. The first kappa shape index (κ1) is 21.1. The van der Waals surface area contributed by atoms with Crippen molar-refractivity contribution in [2.24, 2.45) is 0 Å². The minimum absolute atomic E-state index is 0.0536. The van der Waals surface area contributed by atoms with Crippen molar-refractivity contribution in [1.29, 1.82) is 0 Å². The number of benzene rings is 4. The molecule has 7 rings (SSSR count). The first-order valence-corrected chi connectivity index (χ1v) is 13.6. The summed E-state index contributed by atoms with van der Waals surface area (Å²) in [6, 6.07) is 25.0. The fourth-order valence-electron chi connectivity index (χ4n) is 6.07. The summed E-state index contributed by atoms with van der Waals surface area (Å²) in [7, 11) is 0. The van der Waals surface area contributed by atoms with Crippen molar-refractivity contribution in [1.82, 2.24) is 4.98 Å². The third-order valence-corrected chi connectivity index (χ3v) is 9.13. The zero-order chi connectivity index (χ0) is 23.7. The lowest BCUT2D eigenvalue weighted by Gasteiger charge is -2.23. The van der Waals surface area contributed by atoms with E-state index in [0.717, 1.165) is 5.69 Å². The molecule has 0 fully saturated rings. The van der Waals surface area contributed by atoms with Crippen LogP contribution in [-0.2, 0) is 18.3 Å². The Morgan fingerprint density at radius 2 is 1.46 bits per heavy atom. The van der Waals surface area contributed by atoms with Crippen molar-refractivity contribution in [3.63, 3.8) is 0 Å². The number of aromatic nitrogens is 1. The van der Waals surface area contributed by atoms with Gasteiger partial charge in [-0.05, 0) is 76.8 Å². The third-order valence-electron chi connectivity index (χ3n) is 7.81. The lowest BCUT2D eigenvalue weighted by Crippen LogP contribution is -2.12. The van der Waals surface area contributed by atoms with Crippen LogP contribution in [-0.4, -0.2) is 4.98 Å². The molecule has 4 aromatic carbocycles. The molecule has 0 amide bonds. The van der Waals surface area contributed by atoms with E-state index in [-0.39, 0.29) is 5.41 Å². The molecule has 1 aliphatic carbocycles. The van der Waals surface area contributed by atoms with Crippen molar-refractivity contribution in [2.75, 3.05) is 0 Å². The molecule has 1 nitrogen and oxygen atoms in total.